The minimum absolute atomic E-state index is 0.748. The molecular weight excluding hydrogens is 286 g/mol. The van der Waals surface area contributed by atoms with Gasteiger partial charge in [0.1, 0.15) is 5.82 Å². The highest BCUT2D eigenvalue weighted by Gasteiger charge is 2.17. The number of ether oxygens (including phenoxy) is 1. The molecule has 0 atom stereocenters. The summed E-state index contributed by atoms with van der Waals surface area (Å²) in [6.07, 6.45) is 1.84. The van der Waals surface area contributed by atoms with Gasteiger partial charge in [0.2, 0.25) is 0 Å². The van der Waals surface area contributed by atoms with E-state index < -0.39 is 0 Å². The first-order valence-corrected chi connectivity index (χ1v) is 7.97. The molecule has 23 heavy (non-hydrogen) atoms. The fourth-order valence-corrected chi connectivity index (χ4v) is 2.95. The highest BCUT2D eigenvalue weighted by molar-refractivity contribution is 5.92. The van der Waals surface area contributed by atoms with Gasteiger partial charge in [-0.25, -0.2) is 4.98 Å². The SMILES string of the molecule is Cc1ccc(-c2cc3ncccc3c(N3CCOCC3)n2)cc1. The second-order valence-corrected chi connectivity index (χ2v) is 5.87. The zero-order valence-electron chi connectivity index (χ0n) is 13.2. The first-order valence-electron chi connectivity index (χ1n) is 7.97. The topological polar surface area (TPSA) is 38.2 Å². The van der Waals surface area contributed by atoms with E-state index in [-0.39, 0.29) is 0 Å². The molecule has 0 bridgehead atoms. The molecule has 0 amide bonds. The van der Waals surface area contributed by atoms with Gasteiger partial charge in [0, 0.05) is 30.2 Å². The van der Waals surface area contributed by atoms with E-state index in [1.165, 1.54) is 5.56 Å². The maximum atomic E-state index is 5.48. The Hall–Kier alpha value is -2.46. The highest BCUT2D eigenvalue weighted by Crippen LogP contribution is 2.29. The Labute approximate surface area is 135 Å². The molecule has 4 rings (SSSR count). The summed E-state index contributed by atoms with van der Waals surface area (Å²) in [5.41, 5.74) is 4.33. The van der Waals surface area contributed by atoms with E-state index in [0.717, 1.165) is 54.3 Å². The summed E-state index contributed by atoms with van der Waals surface area (Å²) in [7, 11) is 0. The molecule has 0 spiro atoms. The van der Waals surface area contributed by atoms with Crippen molar-refractivity contribution in [3.8, 4) is 11.3 Å². The number of morpholine rings is 1. The van der Waals surface area contributed by atoms with E-state index in [0.29, 0.717) is 0 Å². The molecule has 4 heteroatoms. The maximum absolute atomic E-state index is 5.48. The van der Waals surface area contributed by atoms with Crippen LogP contribution in [0.1, 0.15) is 5.56 Å². The zero-order valence-corrected chi connectivity index (χ0v) is 13.2. The van der Waals surface area contributed by atoms with Gasteiger partial charge < -0.3 is 9.64 Å². The van der Waals surface area contributed by atoms with Crippen LogP contribution in [0.5, 0.6) is 0 Å². The van der Waals surface area contributed by atoms with E-state index in [1.54, 1.807) is 0 Å². The van der Waals surface area contributed by atoms with Crippen molar-refractivity contribution in [2.75, 3.05) is 31.2 Å². The minimum Gasteiger partial charge on any atom is -0.378 e. The van der Waals surface area contributed by atoms with Gasteiger partial charge >= 0.3 is 0 Å². The first kappa shape index (κ1) is 14.2. The summed E-state index contributed by atoms with van der Waals surface area (Å²) in [5.74, 6) is 1.01. The number of anilines is 1. The highest BCUT2D eigenvalue weighted by atomic mass is 16.5. The molecule has 2 aromatic heterocycles. The largest absolute Gasteiger partial charge is 0.378 e. The van der Waals surface area contributed by atoms with Crippen molar-refractivity contribution in [2.24, 2.45) is 0 Å². The Balaban J connectivity index is 1.87. The van der Waals surface area contributed by atoms with E-state index in [2.05, 4.69) is 53.2 Å². The van der Waals surface area contributed by atoms with Crippen LogP contribution in [0.4, 0.5) is 5.82 Å². The van der Waals surface area contributed by atoms with Crippen molar-refractivity contribution in [3.05, 3.63) is 54.2 Å². The number of aromatic nitrogens is 2. The summed E-state index contributed by atoms with van der Waals surface area (Å²) in [6, 6.07) is 14.6. The fraction of sp³-hybridized carbons (Fsp3) is 0.263. The lowest BCUT2D eigenvalue weighted by molar-refractivity contribution is 0.122. The Kier molecular flexibility index (Phi) is 3.67. The van der Waals surface area contributed by atoms with Gasteiger partial charge in [0.15, 0.2) is 0 Å². The lowest BCUT2D eigenvalue weighted by atomic mass is 10.1. The summed E-state index contributed by atoms with van der Waals surface area (Å²) >= 11 is 0. The van der Waals surface area contributed by atoms with Crippen LogP contribution in [-0.4, -0.2) is 36.3 Å². The second-order valence-electron chi connectivity index (χ2n) is 5.87. The summed E-state index contributed by atoms with van der Waals surface area (Å²) < 4.78 is 5.48. The summed E-state index contributed by atoms with van der Waals surface area (Å²) in [5, 5.41) is 1.10. The predicted octanol–water partition coefficient (Wildman–Crippen LogP) is 3.44. The number of aryl methyl sites for hydroxylation is 1. The second kappa shape index (κ2) is 5.97. The van der Waals surface area contributed by atoms with Crippen LogP contribution in [0.2, 0.25) is 0 Å². The lowest BCUT2D eigenvalue weighted by Crippen LogP contribution is -2.37. The molecule has 3 heterocycles. The average Bonchev–Trinajstić information content (AvgIpc) is 2.62. The third-order valence-electron chi connectivity index (χ3n) is 4.24. The molecule has 1 aliphatic heterocycles. The molecule has 0 radical (unpaired) electrons. The van der Waals surface area contributed by atoms with Crippen molar-refractivity contribution in [1.29, 1.82) is 0 Å². The zero-order chi connectivity index (χ0) is 15.6. The van der Waals surface area contributed by atoms with Crippen LogP contribution in [0.3, 0.4) is 0 Å². The van der Waals surface area contributed by atoms with Crippen LogP contribution in [0.25, 0.3) is 22.2 Å². The third kappa shape index (κ3) is 2.78. The third-order valence-corrected chi connectivity index (χ3v) is 4.24. The molecule has 0 unspecified atom stereocenters. The number of benzene rings is 1. The smallest absolute Gasteiger partial charge is 0.138 e. The van der Waals surface area contributed by atoms with Crippen LogP contribution in [0.15, 0.2) is 48.7 Å². The van der Waals surface area contributed by atoms with Crippen LogP contribution < -0.4 is 4.90 Å². The number of pyridine rings is 2. The Morgan fingerprint density at radius 3 is 2.61 bits per heavy atom. The number of hydrogen-bond acceptors (Lipinski definition) is 4. The first-order chi connectivity index (χ1) is 11.3. The molecule has 3 aromatic rings. The molecule has 0 N–H and O–H groups in total. The lowest BCUT2D eigenvalue weighted by Gasteiger charge is -2.29. The van der Waals surface area contributed by atoms with Gasteiger partial charge in [0.25, 0.3) is 0 Å². The quantitative estimate of drug-likeness (QED) is 0.727. The Bertz CT molecular complexity index is 824. The van der Waals surface area contributed by atoms with Crippen molar-refractivity contribution >= 4 is 16.7 Å². The monoisotopic (exact) mass is 305 g/mol. The molecule has 1 aliphatic rings. The number of hydrogen-bond donors (Lipinski definition) is 0. The molecule has 116 valence electrons. The predicted molar refractivity (Wildman–Crippen MR) is 92.7 cm³/mol. The molecule has 0 saturated carbocycles. The fourth-order valence-electron chi connectivity index (χ4n) is 2.95. The molecular formula is C19H19N3O. The van der Waals surface area contributed by atoms with Gasteiger partial charge in [-0.15, -0.1) is 0 Å². The Morgan fingerprint density at radius 2 is 1.83 bits per heavy atom. The van der Waals surface area contributed by atoms with Crippen molar-refractivity contribution in [3.63, 3.8) is 0 Å². The van der Waals surface area contributed by atoms with Crippen molar-refractivity contribution < 1.29 is 4.74 Å². The van der Waals surface area contributed by atoms with Gasteiger partial charge in [-0.3, -0.25) is 4.98 Å². The van der Waals surface area contributed by atoms with Gasteiger partial charge in [0.05, 0.1) is 24.4 Å². The van der Waals surface area contributed by atoms with Crippen molar-refractivity contribution in [2.45, 2.75) is 6.92 Å². The van der Waals surface area contributed by atoms with E-state index in [4.69, 9.17) is 9.72 Å². The average molecular weight is 305 g/mol. The van der Waals surface area contributed by atoms with Crippen LogP contribution in [-0.2, 0) is 4.74 Å². The van der Waals surface area contributed by atoms with Gasteiger partial charge in [-0.2, -0.15) is 0 Å². The van der Waals surface area contributed by atoms with Gasteiger partial charge in [-0.1, -0.05) is 29.8 Å². The standard InChI is InChI=1S/C19H19N3O/c1-14-4-6-15(7-5-14)17-13-18-16(3-2-8-20-18)19(21-17)22-9-11-23-12-10-22/h2-8,13H,9-12H2,1H3. The number of rotatable bonds is 2. The number of nitrogens with zero attached hydrogens (tertiary/aromatic N) is 3. The molecule has 0 aliphatic carbocycles. The summed E-state index contributed by atoms with van der Waals surface area (Å²) in [6.45, 7) is 5.33. The van der Waals surface area contributed by atoms with E-state index in [9.17, 15) is 0 Å². The summed E-state index contributed by atoms with van der Waals surface area (Å²) in [4.78, 5) is 11.8. The molecule has 1 saturated heterocycles. The molecule has 1 fully saturated rings. The number of fused-ring (bicyclic) bond motifs is 1. The van der Waals surface area contributed by atoms with Crippen molar-refractivity contribution in [1.82, 2.24) is 9.97 Å². The molecule has 4 nitrogen and oxygen atoms in total. The van der Waals surface area contributed by atoms with Gasteiger partial charge in [-0.05, 0) is 25.1 Å². The molecule has 1 aromatic carbocycles. The van der Waals surface area contributed by atoms with E-state index >= 15 is 0 Å². The minimum atomic E-state index is 0.748. The van der Waals surface area contributed by atoms with Crippen LogP contribution in [0, 0.1) is 6.92 Å². The maximum Gasteiger partial charge on any atom is 0.138 e. The Morgan fingerprint density at radius 1 is 1.04 bits per heavy atom. The van der Waals surface area contributed by atoms with Crippen LogP contribution >= 0.6 is 0 Å². The normalized spacial score (nSPS) is 15.1. The van der Waals surface area contributed by atoms with E-state index in [1.807, 2.05) is 12.3 Å².